The Morgan fingerprint density at radius 3 is 2.48 bits per heavy atom. The van der Waals surface area contributed by atoms with Crippen molar-refractivity contribution in [1.29, 1.82) is 0 Å². The van der Waals surface area contributed by atoms with Crippen LogP contribution in [0.2, 0.25) is 5.02 Å². The van der Waals surface area contributed by atoms with E-state index < -0.39 is 10.0 Å². The minimum absolute atomic E-state index is 0.0661. The van der Waals surface area contributed by atoms with Gasteiger partial charge in [-0.1, -0.05) is 23.7 Å². The molecule has 0 amide bonds. The van der Waals surface area contributed by atoms with Crippen LogP contribution in [0.4, 0.5) is 11.4 Å². The number of halogens is 1. The summed E-state index contributed by atoms with van der Waals surface area (Å²) in [6.07, 6.45) is 0.176. The molecule has 0 aliphatic carbocycles. The highest BCUT2D eigenvalue weighted by atomic mass is 35.5. The molecule has 1 saturated heterocycles. The molecular weight excluding hydrogens is 360 g/mol. The number of nitrogens with zero attached hydrogens (tertiary/aromatic N) is 1. The second-order valence-corrected chi connectivity index (χ2v) is 8.29. The predicted molar refractivity (Wildman–Crippen MR) is 101 cm³/mol. The first-order valence-corrected chi connectivity index (χ1v) is 9.98. The van der Waals surface area contributed by atoms with Crippen LogP contribution in [-0.4, -0.2) is 33.7 Å². The van der Waals surface area contributed by atoms with Crippen LogP contribution < -0.4 is 9.62 Å². The van der Waals surface area contributed by atoms with Crippen molar-refractivity contribution in [2.24, 2.45) is 0 Å². The molecule has 5 nitrogen and oxygen atoms in total. The van der Waals surface area contributed by atoms with Crippen molar-refractivity contribution in [3.63, 3.8) is 0 Å². The van der Waals surface area contributed by atoms with E-state index in [2.05, 4.69) is 16.5 Å². The van der Waals surface area contributed by atoms with Crippen LogP contribution in [0.15, 0.2) is 53.4 Å². The van der Waals surface area contributed by atoms with Crippen molar-refractivity contribution in [3.8, 4) is 0 Å². The van der Waals surface area contributed by atoms with Crippen LogP contribution in [-0.2, 0) is 14.8 Å². The zero-order chi connectivity index (χ0) is 18.0. The molecule has 1 aliphatic heterocycles. The first-order valence-electron chi connectivity index (χ1n) is 8.12. The van der Waals surface area contributed by atoms with Gasteiger partial charge in [-0.05, 0) is 50.2 Å². The molecule has 3 rings (SSSR count). The second-order valence-electron chi connectivity index (χ2n) is 6.23. The number of rotatable bonds is 4. The summed E-state index contributed by atoms with van der Waals surface area (Å²) >= 11 is 5.99. The van der Waals surface area contributed by atoms with Crippen LogP contribution >= 0.6 is 11.6 Å². The Morgan fingerprint density at radius 2 is 1.80 bits per heavy atom. The van der Waals surface area contributed by atoms with Crippen molar-refractivity contribution in [2.75, 3.05) is 22.8 Å². The molecule has 0 spiro atoms. The van der Waals surface area contributed by atoms with E-state index in [1.807, 2.05) is 19.1 Å². The van der Waals surface area contributed by atoms with Gasteiger partial charge in [0.1, 0.15) is 4.90 Å². The van der Waals surface area contributed by atoms with Gasteiger partial charge in [-0.2, -0.15) is 0 Å². The monoisotopic (exact) mass is 380 g/mol. The van der Waals surface area contributed by atoms with Crippen LogP contribution in [0.3, 0.4) is 0 Å². The topological polar surface area (TPSA) is 58.6 Å². The number of benzene rings is 2. The highest BCUT2D eigenvalue weighted by Gasteiger charge is 2.24. The smallest absolute Gasteiger partial charge is 0.263 e. The van der Waals surface area contributed by atoms with Gasteiger partial charge in [0.25, 0.3) is 10.0 Å². The molecule has 2 aromatic carbocycles. The van der Waals surface area contributed by atoms with E-state index in [0.29, 0.717) is 12.3 Å². The molecule has 0 aromatic heterocycles. The van der Waals surface area contributed by atoms with E-state index in [4.69, 9.17) is 16.3 Å². The van der Waals surface area contributed by atoms with E-state index in [1.54, 1.807) is 30.3 Å². The van der Waals surface area contributed by atoms with Gasteiger partial charge >= 0.3 is 0 Å². The van der Waals surface area contributed by atoms with E-state index in [-0.39, 0.29) is 22.1 Å². The van der Waals surface area contributed by atoms with Crippen molar-refractivity contribution < 1.29 is 13.2 Å². The second kappa shape index (κ2) is 7.23. The van der Waals surface area contributed by atoms with Crippen LogP contribution in [0.1, 0.15) is 13.8 Å². The van der Waals surface area contributed by atoms with Gasteiger partial charge in [0.15, 0.2) is 0 Å². The van der Waals surface area contributed by atoms with Crippen LogP contribution in [0, 0.1) is 0 Å². The molecule has 7 heteroatoms. The van der Waals surface area contributed by atoms with E-state index in [1.165, 1.54) is 6.07 Å². The summed E-state index contributed by atoms with van der Waals surface area (Å²) < 4.78 is 33.2. The Morgan fingerprint density at radius 1 is 1.12 bits per heavy atom. The lowest BCUT2D eigenvalue weighted by Gasteiger charge is -2.38. The summed E-state index contributed by atoms with van der Waals surface area (Å²) in [4.78, 5) is 2.33. The molecule has 1 aliphatic rings. The van der Waals surface area contributed by atoms with Gasteiger partial charge in [0, 0.05) is 24.0 Å². The van der Waals surface area contributed by atoms with E-state index in [9.17, 15) is 8.42 Å². The average molecular weight is 381 g/mol. The predicted octanol–water partition coefficient (Wildman–Crippen LogP) is 3.75. The zero-order valence-electron chi connectivity index (χ0n) is 14.1. The number of hydrogen-bond acceptors (Lipinski definition) is 4. The largest absolute Gasteiger partial charge is 0.375 e. The molecule has 134 valence electrons. The molecule has 2 atom stereocenters. The number of hydrogen-bond donors (Lipinski definition) is 1. The maximum absolute atomic E-state index is 12.5. The lowest BCUT2D eigenvalue weighted by Crippen LogP contribution is -2.47. The lowest BCUT2D eigenvalue weighted by atomic mass is 10.1. The van der Waals surface area contributed by atoms with Gasteiger partial charge in [-0.3, -0.25) is 4.72 Å². The van der Waals surface area contributed by atoms with Crippen LogP contribution in [0.5, 0.6) is 0 Å². The minimum Gasteiger partial charge on any atom is -0.375 e. The van der Waals surface area contributed by atoms with Crippen molar-refractivity contribution >= 4 is 33.0 Å². The molecule has 0 saturated carbocycles. The molecule has 25 heavy (non-hydrogen) atoms. The molecule has 1 N–H and O–H groups in total. The van der Waals surface area contributed by atoms with Crippen LogP contribution in [0.25, 0.3) is 0 Å². The zero-order valence-corrected chi connectivity index (χ0v) is 15.7. The van der Waals surface area contributed by atoms with Gasteiger partial charge in [0.05, 0.1) is 17.7 Å². The summed E-state index contributed by atoms with van der Waals surface area (Å²) in [5.41, 5.74) is 1.54. The summed E-state index contributed by atoms with van der Waals surface area (Å²) in [5.74, 6) is 0. The lowest BCUT2D eigenvalue weighted by molar-refractivity contribution is 0.0344. The van der Waals surface area contributed by atoms with E-state index in [0.717, 1.165) is 12.2 Å². The first kappa shape index (κ1) is 18.0. The summed E-state index contributed by atoms with van der Waals surface area (Å²) in [5, 5.41) is 0.197. The fraction of sp³-hybridized carbons (Fsp3) is 0.333. The van der Waals surface area contributed by atoms with E-state index >= 15 is 0 Å². The fourth-order valence-corrected chi connectivity index (χ4v) is 4.44. The Hall–Kier alpha value is -1.76. The Bertz CT molecular complexity index is 840. The fourth-order valence-electron chi connectivity index (χ4n) is 2.86. The highest BCUT2D eigenvalue weighted by Crippen LogP contribution is 2.26. The third-order valence-electron chi connectivity index (χ3n) is 4.19. The number of morpholine rings is 1. The molecular formula is C18H21ClN2O3S. The van der Waals surface area contributed by atoms with Gasteiger partial charge in [-0.25, -0.2) is 8.42 Å². The summed E-state index contributed by atoms with van der Waals surface area (Å²) in [7, 11) is -3.72. The van der Waals surface area contributed by atoms with Gasteiger partial charge < -0.3 is 9.64 Å². The summed E-state index contributed by atoms with van der Waals surface area (Å²) in [6.45, 7) is 5.65. The number of anilines is 2. The van der Waals surface area contributed by atoms with Crippen molar-refractivity contribution in [3.05, 3.63) is 53.6 Å². The first-order chi connectivity index (χ1) is 11.9. The molecule has 1 fully saturated rings. The third-order valence-corrected chi connectivity index (χ3v) is 6.07. The van der Waals surface area contributed by atoms with Gasteiger partial charge in [-0.15, -0.1) is 0 Å². The molecule has 0 radical (unpaired) electrons. The summed E-state index contributed by atoms with van der Waals surface area (Å²) in [6, 6.07) is 14.0. The highest BCUT2D eigenvalue weighted by molar-refractivity contribution is 7.92. The maximum atomic E-state index is 12.5. The van der Waals surface area contributed by atoms with Crippen molar-refractivity contribution in [2.45, 2.75) is 30.9 Å². The van der Waals surface area contributed by atoms with Crippen molar-refractivity contribution in [1.82, 2.24) is 0 Å². The number of ether oxygens (including phenoxy) is 1. The SMILES string of the molecule is CC1CN(c2ccc(NS(=O)(=O)c3ccccc3Cl)cc2)C(C)CO1. The Kier molecular flexibility index (Phi) is 5.22. The molecule has 1 heterocycles. The minimum atomic E-state index is -3.72. The normalized spacial score (nSPS) is 21.2. The number of sulfonamides is 1. The Balaban J connectivity index is 1.78. The standard InChI is InChI=1S/C18H21ClN2O3S/c1-13-12-24-14(2)11-21(13)16-9-7-15(8-10-16)20-25(22,23)18-6-4-3-5-17(18)19/h3-10,13-14,20H,11-12H2,1-2H3. The molecule has 0 bridgehead atoms. The third kappa shape index (κ3) is 4.08. The Labute approximate surface area is 153 Å². The maximum Gasteiger partial charge on any atom is 0.263 e. The average Bonchev–Trinajstić information content (AvgIpc) is 2.58. The molecule has 2 unspecified atom stereocenters. The number of nitrogens with one attached hydrogen (secondary N) is 1. The molecule has 2 aromatic rings. The van der Waals surface area contributed by atoms with Gasteiger partial charge in [0.2, 0.25) is 0 Å². The quantitative estimate of drug-likeness (QED) is 0.877.